The zero-order valence-electron chi connectivity index (χ0n) is 16.5. The lowest BCUT2D eigenvalue weighted by atomic mass is 9.85. The van der Waals surface area contributed by atoms with Gasteiger partial charge in [0.25, 0.3) is 0 Å². The molecule has 5 nitrogen and oxygen atoms in total. The van der Waals surface area contributed by atoms with Crippen molar-refractivity contribution in [3.8, 4) is 11.5 Å². The van der Waals surface area contributed by atoms with Gasteiger partial charge in [-0.3, -0.25) is 4.79 Å². The van der Waals surface area contributed by atoms with E-state index in [2.05, 4.69) is 17.6 Å². The Kier molecular flexibility index (Phi) is 8.71. The van der Waals surface area contributed by atoms with Gasteiger partial charge in [-0.25, -0.2) is 0 Å². The van der Waals surface area contributed by atoms with E-state index in [-0.39, 0.29) is 24.4 Å². The second-order valence-electron chi connectivity index (χ2n) is 7.51. The molecular weight excluding hydrogens is 364 g/mol. The number of hydrogen-bond acceptors (Lipinski definition) is 4. The number of hydrogen-bond donors (Lipinski definition) is 2. The summed E-state index contributed by atoms with van der Waals surface area (Å²) in [4.78, 5) is 12.5. The predicted molar refractivity (Wildman–Crippen MR) is 110 cm³/mol. The summed E-state index contributed by atoms with van der Waals surface area (Å²) >= 11 is 0. The molecule has 0 spiro atoms. The summed E-state index contributed by atoms with van der Waals surface area (Å²) in [5.41, 5.74) is 1.02. The Bertz CT molecular complexity index is 597. The van der Waals surface area contributed by atoms with Crippen molar-refractivity contribution in [3.05, 3.63) is 23.8 Å². The average Bonchev–Trinajstić information content (AvgIpc) is 3.11. The number of fused-ring (bicyclic) bond motifs is 1. The van der Waals surface area contributed by atoms with Crippen LogP contribution in [0, 0.1) is 5.92 Å². The summed E-state index contributed by atoms with van der Waals surface area (Å²) in [6, 6.07) is 6.37. The molecule has 27 heavy (non-hydrogen) atoms. The molecule has 1 amide bonds. The zero-order chi connectivity index (χ0) is 18.4. The van der Waals surface area contributed by atoms with E-state index in [9.17, 15) is 4.79 Å². The van der Waals surface area contributed by atoms with Crippen molar-refractivity contribution in [2.75, 3.05) is 13.7 Å². The summed E-state index contributed by atoms with van der Waals surface area (Å²) in [6.45, 7) is 3.34. The van der Waals surface area contributed by atoms with Gasteiger partial charge < -0.3 is 20.1 Å². The van der Waals surface area contributed by atoms with E-state index in [1.807, 2.05) is 18.2 Å². The molecule has 3 rings (SSSR count). The van der Waals surface area contributed by atoms with Crippen molar-refractivity contribution < 1.29 is 14.3 Å². The normalized spacial score (nSPS) is 23.9. The van der Waals surface area contributed by atoms with Gasteiger partial charge >= 0.3 is 0 Å². The van der Waals surface area contributed by atoms with E-state index < -0.39 is 0 Å². The Balaban J connectivity index is 0.00000261. The average molecular weight is 397 g/mol. The minimum absolute atomic E-state index is 0. The van der Waals surface area contributed by atoms with Crippen LogP contribution >= 0.6 is 12.4 Å². The van der Waals surface area contributed by atoms with Crippen LogP contribution in [0.3, 0.4) is 0 Å². The number of benzene rings is 1. The molecular formula is C21H33ClN2O3. The predicted octanol–water partition coefficient (Wildman–Crippen LogP) is 3.83. The maximum absolute atomic E-state index is 12.5. The molecule has 2 N–H and O–H groups in total. The Morgan fingerprint density at radius 2 is 2.07 bits per heavy atom. The van der Waals surface area contributed by atoms with Crippen LogP contribution in [-0.4, -0.2) is 31.7 Å². The van der Waals surface area contributed by atoms with Crippen LogP contribution < -0.4 is 20.1 Å². The molecule has 2 fully saturated rings. The number of halogens is 1. The van der Waals surface area contributed by atoms with Crippen LogP contribution in [0.15, 0.2) is 18.2 Å². The smallest absolute Gasteiger partial charge is 0.237 e. The standard InChI is InChI=1S/C21H32N2O3.ClH/c1-3-4-11-26-19-10-9-15(12-20(19)25-2)14-22-21(24)18-13-16-7-5-6-8-17(16)23-18;/h9-10,12,16-18,23H,3-8,11,13-14H2,1-2H3,(H,22,24);1H. The quantitative estimate of drug-likeness (QED) is 0.655. The topological polar surface area (TPSA) is 59.6 Å². The van der Waals surface area contributed by atoms with Gasteiger partial charge in [-0.05, 0) is 49.3 Å². The third-order valence-electron chi connectivity index (χ3n) is 5.63. The number of carbonyl (C=O) groups excluding carboxylic acids is 1. The van der Waals surface area contributed by atoms with Crippen LogP contribution in [0.4, 0.5) is 0 Å². The molecule has 1 heterocycles. The second kappa shape index (κ2) is 10.8. The highest BCUT2D eigenvalue weighted by Crippen LogP contribution is 2.33. The molecule has 0 bridgehead atoms. The highest BCUT2D eigenvalue weighted by molar-refractivity contribution is 5.85. The Labute approximate surface area is 169 Å². The first-order valence-corrected chi connectivity index (χ1v) is 10.0. The molecule has 0 radical (unpaired) electrons. The van der Waals surface area contributed by atoms with Crippen LogP contribution in [0.5, 0.6) is 11.5 Å². The molecule has 152 valence electrons. The summed E-state index contributed by atoms with van der Waals surface area (Å²) in [7, 11) is 1.65. The van der Waals surface area contributed by atoms with Crippen molar-refractivity contribution in [3.63, 3.8) is 0 Å². The Hall–Kier alpha value is -1.46. The number of carbonyl (C=O) groups is 1. The van der Waals surface area contributed by atoms with Crippen LogP contribution in [0.25, 0.3) is 0 Å². The van der Waals surface area contributed by atoms with Crippen molar-refractivity contribution >= 4 is 18.3 Å². The maximum Gasteiger partial charge on any atom is 0.237 e. The lowest BCUT2D eigenvalue weighted by Crippen LogP contribution is -2.42. The summed E-state index contributed by atoms with van der Waals surface area (Å²) in [5, 5.41) is 6.61. The number of amides is 1. The van der Waals surface area contributed by atoms with Gasteiger partial charge in [0, 0.05) is 12.6 Å². The van der Waals surface area contributed by atoms with Crippen LogP contribution in [0.2, 0.25) is 0 Å². The van der Waals surface area contributed by atoms with Crippen LogP contribution in [-0.2, 0) is 11.3 Å². The number of unbranched alkanes of at least 4 members (excludes halogenated alkanes) is 1. The minimum Gasteiger partial charge on any atom is -0.493 e. The van der Waals surface area contributed by atoms with Gasteiger partial charge in [-0.15, -0.1) is 12.4 Å². The molecule has 1 aliphatic heterocycles. The lowest BCUT2D eigenvalue weighted by molar-refractivity contribution is -0.123. The third kappa shape index (κ3) is 5.76. The monoisotopic (exact) mass is 396 g/mol. The SMILES string of the molecule is CCCCOc1ccc(CNC(=O)C2CC3CCCCC3N2)cc1OC.Cl. The Morgan fingerprint density at radius 3 is 2.81 bits per heavy atom. The van der Waals surface area contributed by atoms with Crippen LogP contribution in [0.1, 0.15) is 57.4 Å². The third-order valence-corrected chi connectivity index (χ3v) is 5.63. The molecule has 1 aromatic rings. The first kappa shape index (κ1) is 21.8. The molecule has 1 aromatic carbocycles. The number of ether oxygens (including phenoxy) is 2. The van der Waals surface area contributed by atoms with E-state index in [1.54, 1.807) is 7.11 Å². The van der Waals surface area contributed by atoms with E-state index in [0.29, 0.717) is 25.1 Å². The molecule has 2 aliphatic rings. The fourth-order valence-electron chi connectivity index (χ4n) is 4.10. The lowest BCUT2D eigenvalue weighted by Gasteiger charge is -2.24. The highest BCUT2D eigenvalue weighted by atomic mass is 35.5. The van der Waals surface area contributed by atoms with Gasteiger partial charge in [-0.1, -0.05) is 32.3 Å². The molecule has 3 atom stereocenters. The number of rotatable bonds is 8. The molecule has 1 aliphatic carbocycles. The number of nitrogens with one attached hydrogen (secondary N) is 2. The van der Waals surface area contributed by atoms with E-state index in [4.69, 9.17) is 9.47 Å². The highest BCUT2D eigenvalue weighted by Gasteiger charge is 2.37. The van der Waals surface area contributed by atoms with E-state index >= 15 is 0 Å². The molecule has 1 saturated heterocycles. The van der Waals surface area contributed by atoms with Gasteiger partial charge in [0.05, 0.1) is 19.8 Å². The fraction of sp³-hybridized carbons (Fsp3) is 0.667. The van der Waals surface area contributed by atoms with Crippen molar-refractivity contribution in [1.29, 1.82) is 0 Å². The molecule has 3 unspecified atom stereocenters. The fourth-order valence-corrected chi connectivity index (χ4v) is 4.10. The first-order chi connectivity index (χ1) is 12.7. The summed E-state index contributed by atoms with van der Waals surface area (Å²) < 4.78 is 11.2. The Morgan fingerprint density at radius 1 is 1.26 bits per heavy atom. The minimum atomic E-state index is -0.0401. The number of methoxy groups -OCH3 is 1. The second-order valence-corrected chi connectivity index (χ2v) is 7.51. The summed E-state index contributed by atoms with van der Waals surface area (Å²) in [6.07, 6.45) is 8.17. The van der Waals surface area contributed by atoms with Gasteiger partial charge in [0.2, 0.25) is 5.91 Å². The molecule has 0 aromatic heterocycles. The first-order valence-electron chi connectivity index (χ1n) is 10.0. The van der Waals surface area contributed by atoms with Crippen molar-refractivity contribution in [1.82, 2.24) is 10.6 Å². The maximum atomic E-state index is 12.5. The molecule has 1 saturated carbocycles. The molecule has 6 heteroatoms. The van der Waals surface area contributed by atoms with Gasteiger partial charge in [-0.2, -0.15) is 0 Å². The largest absolute Gasteiger partial charge is 0.493 e. The van der Waals surface area contributed by atoms with Crippen molar-refractivity contribution in [2.24, 2.45) is 5.92 Å². The zero-order valence-corrected chi connectivity index (χ0v) is 17.3. The van der Waals surface area contributed by atoms with Gasteiger partial charge in [0.1, 0.15) is 0 Å². The van der Waals surface area contributed by atoms with E-state index in [1.165, 1.54) is 25.7 Å². The van der Waals surface area contributed by atoms with E-state index in [0.717, 1.165) is 36.3 Å². The van der Waals surface area contributed by atoms with Crippen molar-refractivity contribution in [2.45, 2.75) is 70.5 Å². The van der Waals surface area contributed by atoms with Gasteiger partial charge in [0.15, 0.2) is 11.5 Å². The summed E-state index contributed by atoms with van der Waals surface area (Å²) in [5.74, 6) is 2.27.